The van der Waals surface area contributed by atoms with E-state index in [9.17, 15) is 19.5 Å². The molecule has 38 heavy (non-hydrogen) atoms. The third kappa shape index (κ3) is 5.42. The summed E-state index contributed by atoms with van der Waals surface area (Å²) in [5.74, 6) is -0.667. The number of hydrogen-bond donors (Lipinski definition) is 1. The Balaban J connectivity index is 1.56. The first-order chi connectivity index (χ1) is 18.2. The highest BCUT2D eigenvalue weighted by Crippen LogP contribution is 2.50. The Morgan fingerprint density at radius 2 is 1.45 bits per heavy atom. The second kappa shape index (κ2) is 11.5. The Kier molecular flexibility index (Phi) is 8.26. The van der Waals surface area contributed by atoms with E-state index in [0.717, 1.165) is 48.8 Å². The summed E-state index contributed by atoms with van der Waals surface area (Å²) in [6.07, 6.45) is 3.63. The van der Waals surface area contributed by atoms with Crippen LogP contribution in [0.2, 0.25) is 0 Å². The highest BCUT2D eigenvalue weighted by atomic mass is 79.9. The standard InChI is InChI=1S/C29H26Br3NO5/c30-18-9-7-16(8-10-18)15-38-29-19(31)13-17(14-20(29)32)26-27-21(3-1-5-23(27)34)33(12-11-25(36)37)22-4-2-6-24(35)28(22)26/h7-10,13-14,26H,1-6,11-12,15H2,(H,36,37). The first-order valence-corrected chi connectivity index (χ1v) is 15.0. The zero-order chi connectivity index (χ0) is 27.0. The largest absolute Gasteiger partial charge is 0.487 e. The third-order valence-electron chi connectivity index (χ3n) is 7.29. The molecule has 1 aliphatic heterocycles. The Morgan fingerprint density at radius 1 is 0.895 bits per heavy atom. The van der Waals surface area contributed by atoms with Gasteiger partial charge in [-0.3, -0.25) is 14.4 Å². The molecule has 0 bridgehead atoms. The quantitative estimate of drug-likeness (QED) is 0.322. The summed E-state index contributed by atoms with van der Waals surface area (Å²) in [6.45, 7) is 0.643. The molecule has 1 heterocycles. The van der Waals surface area contributed by atoms with E-state index in [1.54, 1.807) is 0 Å². The van der Waals surface area contributed by atoms with Crippen LogP contribution in [0, 0.1) is 0 Å². The zero-order valence-corrected chi connectivity index (χ0v) is 25.3. The molecule has 0 saturated heterocycles. The second-order valence-corrected chi connectivity index (χ2v) is 12.4. The van der Waals surface area contributed by atoms with Gasteiger partial charge in [0.25, 0.3) is 0 Å². The van der Waals surface area contributed by atoms with Crippen molar-refractivity contribution in [2.45, 2.75) is 57.5 Å². The van der Waals surface area contributed by atoms with Crippen molar-refractivity contribution in [3.05, 3.63) is 83.5 Å². The second-order valence-electron chi connectivity index (χ2n) is 9.73. The number of benzene rings is 2. The average Bonchev–Trinajstić information content (AvgIpc) is 2.87. The summed E-state index contributed by atoms with van der Waals surface area (Å²) in [6, 6.07) is 11.8. The lowest BCUT2D eigenvalue weighted by molar-refractivity contribution is -0.137. The molecule has 0 radical (unpaired) electrons. The number of ketones is 2. The van der Waals surface area contributed by atoms with E-state index in [0.29, 0.717) is 49.2 Å². The lowest BCUT2D eigenvalue weighted by Crippen LogP contribution is -2.39. The van der Waals surface area contributed by atoms with Crippen molar-refractivity contribution in [2.75, 3.05) is 6.54 Å². The number of ether oxygens (including phenoxy) is 1. The number of carbonyl (C=O) groups excluding carboxylic acids is 2. The summed E-state index contributed by atoms with van der Waals surface area (Å²) in [4.78, 5) is 40.2. The minimum Gasteiger partial charge on any atom is -0.487 e. The monoisotopic (exact) mass is 705 g/mol. The van der Waals surface area contributed by atoms with Crippen LogP contribution in [-0.4, -0.2) is 34.1 Å². The molecule has 0 aromatic heterocycles. The minimum atomic E-state index is -0.896. The molecule has 0 saturated carbocycles. The van der Waals surface area contributed by atoms with Gasteiger partial charge in [-0.15, -0.1) is 0 Å². The molecule has 6 nitrogen and oxygen atoms in total. The molecule has 1 N–H and O–H groups in total. The van der Waals surface area contributed by atoms with Crippen molar-refractivity contribution >= 4 is 65.3 Å². The van der Waals surface area contributed by atoms with Gasteiger partial charge in [-0.2, -0.15) is 0 Å². The number of carboxylic acid groups (broad SMARTS) is 1. The molecule has 0 fully saturated rings. The lowest BCUT2D eigenvalue weighted by Gasteiger charge is -2.44. The first kappa shape index (κ1) is 27.3. The SMILES string of the molecule is O=C(O)CCN1C2=C(C(=O)CCC2)C(c2cc(Br)c(OCc3ccc(Br)cc3)c(Br)c2)C2=C1CCCC2=O. The van der Waals surface area contributed by atoms with E-state index >= 15 is 0 Å². The number of aliphatic carboxylic acids is 1. The highest BCUT2D eigenvalue weighted by Gasteiger charge is 2.43. The van der Waals surface area contributed by atoms with Gasteiger partial charge in [-0.05, 0) is 92.9 Å². The number of carboxylic acids is 1. The van der Waals surface area contributed by atoms with Crippen LogP contribution in [-0.2, 0) is 21.0 Å². The number of allylic oxidation sites excluding steroid dienone is 4. The van der Waals surface area contributed by atoms with E-state index in [2.05, 4.69) is 47.8 Å². The fourth-order valence-electron chi connectivity index (χ4n) is 5.65. The highest BCUT2D eigenvalue weighted by molar-refractivity contribution is 9.11. The number of rotatable bonds is 7. The molecule has 2 aromatic carbocycles. The maximum atomic E-state index is 13.4. The molecule has 0 unspecified atom stereocenters. The summed E-state index contributed by atoms with van der Waals surface area (Å²) in [7, 11) is 0. The van der Waals surface area contributed by atoms with Crippen LogP contribution in [0.3, 0.4) is 0 Å². The topological polar surface area (TPSA) is 83.9 Å². The average molecular weight is 708 g/mol. The molecule has 2 aromatic rings. The van der Waals surface area contributed by atoms with Crippen LogP contribution < -0.4 is 4.74 Å². The predicted octanol–water partition coefficient (Wildman–Crippen LogP) is 7.44. The van der Waals surface area contributed by atoms with Gasteiger partial charge < -0.3 is 14.7 Å². The van der Waals surface area contributed by atoms with Gasteiger partial charge in [-0.1, -0.05) is 28.1 Å². The Hall–Kier alpha value is -2.23. The summed E-state index contributed by atoms with van der Waals surface area (Å²) < 4.78 is 8.58. The van der Waals surface area contributed by atoms with Crippen LogP contribution in [0.4, 0.5) is 0 Å². The van der Waals surface area contributed by atoms with Crippen LogP contribution in [0.25, 0.3) is 0 Å². The van der Waals surface area contributed by atoms with Crippen LogP contribution in [0.1, 0.15) is 62.0 Å². The predicted molar refractivity (Wildman–Crippen MR) is 154 cm³/mol. The van der Waals surface area contributed by atoms with Gasteiger partial charge in [0.05, 0.1) is 15.4 Å². The molecule has 198 valence electrons. The van der Waals surface area contributed by atoms with Gasteiger partial charge in [-0.25, -0.2) is 0 Å². The summed E-state index contributed by atoms with van der Waals surface area (Å²) >= 11 is 10.8. The lowest BCUT2D eigenvalue weighted by atomic mass is 9.71. The molecular formula is C29H26Br3NO5. The normalized spacial score (nSPS) is 18.0. The van der Waals surface area contributed by atoms with Crippen molar-refractivity contribution in [1.29, 1.82) is 0 Å². The fraction of sp³-hybridized carbons (Fsp3) is 0.345. The molecule has 0 atom stereocenters. The van der Waals surface area contributed by atoms with Crippen molar-refractivity contribution in [2.24, 2.45) is 0 Å². The number of halogens is 3. The van der Waals surface area contributed by atoms with Gasteiger partial charge >= 0.3 is 5.97 Å². The third-order valence-corrected chi connectivity index (χ3v) is 8.99. The molecule has 0 spiro atoms. The number of nitrogens with zero attached hydrogens (tertiary/aromatic N) is 1. The van der Waals surface area contributed by atoms with Gasteiger partial charge in [0.1, 0.15) is 12.4 Å². The van der Waals surface area contributed by atoms with Gasteiger partial charge in [0.15, 0.2) is 11.6 Å². The van der Waals surface area contributed by atoms with E-state index < -0.39 is 11.9 Å². The van der Waals surface area contributed by atoms with E-state index in [1.165, 1.54) is 0 Å². The number of carbonyl (C=O) groups is 3. The van der Waals surface area contributed by atoms with Crippen molar-refractivity contribution in [3.63, 3.8) is 0 Å². The van der Waals surface area contributed by atoms with Crippen molar-refractivity contribution < 1.29 is 24.2 Å². The van der Waals surface area contributed by atoms with Crippen molar-refractivity contribution in [1.82, 2.24) is 4.90 Å². The Morgan fingerprint density at radius 3 is 1.97 bits per heavy atom. The van der Waals surface area contributed by atoms with Gasteiger partial charge in [0.2, 0.25) is 0 Å². The van der Waals surface area contributed by atoms with Crippen LogP contribution in [0.5, 0.6) is 5.75 Å². The van der Waals surface area contributed by atoms with E-state index in [4.69, 9.17) is 4.74 Å². The van der Waals surface area contributed by atoms with E-state index in [-0.39, 0.29) is 24.5 Å². The van der Waals surface area contributed by atoms with Crippen LogP contribution in [0.15, 0.2) is 72.4 Å². The number of hydrogen-bond acceptors (Lipinski definition) is 5. The Labute approximate surface area is 246 Å². The number of Topliss-reactive ketones (excluding diaryl/α,β-unsaturated/α-hetero) is 2. The molecule has 9 heteroatoms. The van der Waals surface area contributed by atoms with Crippen LogP contribution >= 0.6 is 47.8 Å². The van der Waals surface area contributed by atoms with E-state index in [1.807, 2.05) is 41.3 Å². The molecule has 3 aliphatic rings. The summed E-state index contributed by atoms with van der Waals surface area (Å²) in [5.41, 5.74) is 4.89. The molecular weight excluding hydrogens is 682 g/mol. The molecule has 2 aliphatic carbocycles. The maximum absolute atomic E-state index is 13.4. The molecule has 0 amide bonds. The van der Waals surface area contributed by atoms with Gasteiger partial charge in [0, 0.05) is 52.3 Å². The first-order valence-electron chi connectivity index (χ1n) is 12.6. The maximum Gasteiger partial charge on any atom is 0.305 e. The smallest absolute Gasteiger partial charge is 0.305 e. The molecule has 5 rings (SSSR count). The zero-order valence-electron chi connectivity index (χ0n) is 20.6. The fourth-order valence-corrected chi connectivity index (χ4v) is 7.36. The Bertz CT molecular complexity index is 1310. The summed E-state index contributed by atoms with van der Waals surface area (Å²) in [5, 5.41) is 9.37. The van der Waals surface area contributed by atoms with Crippen molar-refractivity contribution in [3.8, 4) is 5.75 Å². The minimum absolute atomic E-state index is 0.0318.